The first-order chi connectivity index (χ1) is 12.2. The van der Waals surface area contributed by atoms with Crippen LogP contribution in [0.5, 0.6) is 0 Å². The average Bonchev–Trinajstić information content (AvgIpc) is 3.08. The van der Waals surface area contributed by atoms with Crippen molar-refractivity contribution in [1.82, 2.24) is 15.5 Å². The Bertz CT molecular complexity index is 759. The molecule has 0 unspecified atom stereocenters. The molecule has 1 aromatic heterocycles. The van der Waals surface area contributed by atoms with E-state index in [1.807, 2.05) is 6.07 Å². The molecule has 2 rings (SSSR count). The molecule has 0 saturated heterocycles. The van der Waals surface area contributed by atoms with Crippen molar-refractivity contribution < 1.29 is 22.9 Å². The first kappa shape index (κ1) is 19.6. The van der Waals surface area contributed by atoms with Gasteiger partial charge in [-0.2, -0.15) is 4.98 Å². The number of carbonyl (C=O) groups is 2. The Morgan fingerprint density at radius 2 is 1.96 bits per heavy atom. The number of rotatable bonds is 8. The molecule has 0 fully saturated rings. The van der Waals surface area contributed by atoms with Crippen LogP contribution in [0.2, 0.25) is 0 Å². The molecule has 2 aromatic rings. The summed E-state index contributed by atoms with van der Waals surface area (Å²) in [5.74, 6) is -4.57. The van der Waals surface area contributed by atoms with Crippen LogP contribution in [-0.4, -0.2) is 39.8 Å². The zero-order valence-corrected chi connectivity index (χ0v) is 14.4. The number of nitrogens with one attached hydrogen (secondary N) is 1. The number of hydrogen-bond donors (Lipinski definition) is 2. The molecule has 0 aliphatic carbocycles. The van der Waals surface area contributed by atoms with Crippen molar-refractivity contribution >= 4 is 11.7 Å². The van der Waals surface area contributed by atoms with E-state index in [1.165, 1.54) is 0 Å². The van der Waals surface area contributed by atoms with Gasteiger partial charge in [-0.25, -0.2) is 8.78 Å². The third-order valence-corrected chi connectivity index (χ3v) is 3.63. The lowest BCUT2D eigenvalue weighted by Gasteiger charge is -2.19. The average molecular weight is 366 g/mol. The van der Waals surface area contributed by atoms with E-state index in [0.717, 1.165) is 0 Å². The topological polar surface area (TPSA) is 111 Å². The number of carbonyl (C=O) groups excluding carboxylic acids is 2. The second kappa shape index (κ2) is 8.13. The van der Waals surface area contributed by atoms with Crippen LogP contribution in [-0.2, 0) is 4.79 Å². The van der Waals surface area contributed by atoms with Crippen LogP contribution in [0.25, 0.3) is 11.4 Å². The van der Waals surface area contributed by atoms with Crippen molar-refractivity contribution in [3.63, 3.8) is 0 Å². The molecule has 7 nitrogen and oxygen atoms in total. The predicted molar refractivity (Wildman–Crippen MR) is 89.5 cm³/mol. The highest BCUT2D eigenvalue weighted by atomic mass is 19.3. The monoisotopic (exact) mass is 366 g/mol. The molecule has 0 aliphatic heterocycles. The summed E-state index contributed by atoms with van der Waals surface area (Å²) in [6.45, 7) is 2.32. The number of nitrogens with two attached hydrogens (primary N) is 1. The molecule has 1 amide bonds. The number of aromatic nitrogens is 2. The Labute approximate surface area is 149 Å². The van der Waals surface area contributed by atoms with E-state index in [2.05, 4.69) is 15.5 Å². The van der Waals surface area contributed by atoms with Gasteiger partial charge in [0.1, 0.15) is 0 Å². The van der Waals surface area contributed by atoms with Crippen molar-refractivity contribution in [3.05, 3.63) is 36.2 Å². The highest BCUT2D eigenvalue weighted by Crippen LogP contribution is 2.19. The summed E-state index contributed by atoms with van der Waals surface area (Å²) in [7, 11) is 0. The normalized spacial score (nSPS) is 13.9. The number of hydrogen-bond acceptors (Lipinski definition) is 6. The lowest BCUT2D eigenvalue weighted by molar-refractivity contribution is -0.125. The Morgan fingerprint density at radius 1 is 1.31 bits per heavy atom. The maximum absolute atomic E-state index is 13.0. The third-order valence-electron chi connectivity index (χ3n) is 3.63. The highest BCUT2D eigenvalue weighted by Gasteiger charge is 2.32. The van der Waals surface area contributed by atoms with Crippen LogP contribution in [0.1, 0.15) is 37.4 Å². The maximum Gasteiger partial charge on any atom is 0.296 e. The first-order valence-corrected chi connectivity index (χ1v) is 8.08. The standard InChI is InChI=1S/C17H20F2N4O3/c1-3-12(21-15(25)11(20)9-17(2,18)19)13(24)16-22-14(23-26-16)10-7-5-4-6-8-10/h4-8,11-12H,3,9,20H2,1-2H3,(H,21,25)/t11-,12-/m0/s1. The van der Waals surface area contributed by atoms with E-state index >= 15 is 0 Å². The van der Waals surface area contributed by atoms with Gasteiger partial charge in [0.25, 0.3) is 5.89 Å². The fraction of sp³-hybridized carbons (Fsp3) is 0.412. The molecule has 3 N–H and O–H groups in total. The third kappa shape index (κ3) is 5.16. The summed E-state index contributed by atoms with van der Waals surface area (Å²) in [4.78, 5) is 28.5. The number of ketones is 1. The fourth-order valence-electron chi connectivity index (χ4n) is 2.29. The Balaban J connectivity index is 2.07. The molecule has 0 aliphatic rings. The molecule has 0 spiro atoms. The van der Waals surface area contributed by atoms with Crippen molar-refractivity contribution in [2.45, 2.75) is 44.7 Å². The van der Waals surface area contributed by atoms with Crippen molar-refractivity contribution in [3.8, 4) is 11.4 Å². The lowest BCUT2D eigenvalue weighted by Crippen LogP contribution is -2.49. The molecule has 2 atom stereocenters. The highest BCUT2D eigenvalue weighted by molar-refractivity contribution is 5.99. The minimum atomic E-state index is -3.08. The van der Waals surface area contributed by atoms with Crippen LogP contribution < -0.4 is 11.1 Å². The van der Waals surface area contributed by atoms with Gasteiger partial charge in [0.2, 0.25) is 23.4 Å². The summed E-state index contributed by atoms with van der Waals surface area (Å²) in [6.07, 6.45) is -0.606. The summed E-state index contributed by atoms with van der Waals surface area (Å²) in [5.41, 5.74) is 6.14. The Hall–Kier alpha value is -2.68. The van der Waals surface area contributed by atoms with E-state index in [-0.39, 0.29) is 18.1 Å². The molecule has 9 heteroatoms. The van der Waals surface area contributed by atoms with Crippen LogP contribution in [0.15, 0.2) is 34.9 Å². The second-order valence-electron chi connectivity index (χ2n) is 6.00. The van der Waals surface area contributed by atoms with Gasteiger partial charge in [-0.3, -0.25) is 9.59 Å². The SMILES string of the molecule is CC[C@H](NC(=O)[C@@H](N)CC(C)(F)F)C(=O)c1nc(-c2ccccc2)no1. The van der Waals surface area contributed by atoms with Gasteiger partial charge < -0.3 is 15.6 Å². The molecule has 140 valence electrons. The molecule has 0 radical (unpaired) electrons. The summed E-state index contributed by atoms with van der Waals surface area (Å²) < 4.78 is 30.9. The van der Waals surface area contributed by atoms with E-state index in [0.29, 0.717) is 12.5 Å². The van der Waals surface area contributed by atoms with Gasteiger partial charge in [0, 0.05) is 12.0 Å². The molecular weight excluding hydrogens is 346 g/mol. The molecule has 26 heavy (non-hydrogen) atoms. The van der Waals surface area contributed by atoms with E-state index in [1.54, 1.807) is 31.2 Å². The van der Waals surface area contributed by atoms with E-state index in [4.69, 9.17) is 10.3 Å². The molecular formula is C17H20F2N4O3. The molecule has 0 saturated carbocycles. The number of halogens is 2. The van der Waals surface area contributed by atoms with Gasteiger partial charge in [0.05, 0.1) is 12.1 Å². The van der Waals surface area contributed by atoms with Gasteiger partial charge in [-0.1, -0.05) is 42.4 Å². The van der Waals surface area contributed by atoms with E-state index in [9.17, 15) is 18.4 Å². The van der Waals surface area contributed by atoms with Crippen molar-refractivity contribution in [1.29, 1.82) is 0 Å². The van der Waals surface area contributed by atoms with Crippen LogP contribution in [0, 0.1) is 0 Å². The summed E-state index contributed by atoms with van der Waals surface area (Å²) in [5, 5.41) is 6.11. The Kier molecular flexibility index (Phi) is 6.14. The zero-order chi connectivity index (χ0) is 19.3. The second-order valence-corrected chi connectivity index (χ2v) is 6.00. The largest absolute Gasteiger partial charge is 0.344 e. The number of alkyl halides is 2. The smallest absolute Gasteiger partial charge is 0.296 e. The number of Topliss-reactive ketones (excluding diaryl/α,β-unsaturated/α-hetero) is 1. The molecule has 1 aromatic carbocycles. The van der Waals surface area contributed by atoms with Crippen LogP contribution >= 0.6 is 0 Å². The van der Waals surface area contributed by atoms with Gasteiger partial charge in [0.15, 0.2) is 0 Å². The minimum Gasteiger partial charge on any atom is -0.344 e. The first-order valence-electron chi connectivity index (χ1n) is 8.08. The summed E-state index contributed by atoms with van der Waals surface area (Å²) in [6, 6.07) is 6.47. The number of amides is 1. The summed E-state index contributed by atoms with van der Waals surface area (Å²) >= 11 is 0. The minimum absolute atomic E-state index is 0.211. The van der Waals surface area contributed by atoms with E-state index < -0.39 is 36.1 Å². The fourth-order valence-corrected chi connectivity index (χ4v) is 2.29. The quantitative estimate of drug-likeness (QED) is 0.693. The van der Waals surface area contributed by atoms with Crippen molar-refractivity contribution in [2.75, 3.05) is 0 Å². The van der Waals surface area contributed by atoms with Crippen molar-refractivity contribution in [2.24, 2.45) is 5.73 Å². The van der Waals surface area contributed by atoms with Gasteiger partial charge in [-0.15, -0.1) is 0 Å². The number of nitrogens with zero attached hydrogens (tertiary/aromatic N) is 2. The maximum atomic E-state index is 13.0. The Morgan fingerprint density at radius 3 is 2.54 bits per heavy atom. The van der Waals surface area contributed by atoms with Crippen LogP contribution in [0.3, 0.4) is 0 Å². The van der Waals surface area contributed by atoms with Gasteiger partial charge >= 0.3 is 0 Å². The van der Waals surface area contributed by atoms with Gasteiger partial charge in [-0.05, 0) is 13.3 Å². The predicted octanol–water partition coefficient (Wildman–Crippen LogP) is 2.19. The molecule has 0 bridgehead atoms. The molecule has 1 heterocycles. The zero-order valence-electron chi connectivity index (χ0n) is 14.4. The van der Waals surface area contributed by atoms with Crippen LogP contribution in [0.4, 0.5) is 8.78 Å². The lowest BCUT2D eigenvalue weighted by atomic mass is 10.1. The number of benzene rings is 1.